The average molecular weight is 319 g/mol. The summed E-state index contributed by atoms with van der Waals surface area (Å²) in [6.07, 6.45) is 2.22. The van der Waals surface area contributed by atoms with E-state index < -0.39 is 10.0 Å². The van der Waals surface area contributed by atoms with Crippen molar-refractivity contribution < 1.29 is 8.42 Å². The highest BCUT2D eigenvalue weighted by Crippen LogP contribution is 2.31. The lowest BCUT2D eigenvalue weighted by atomic mass is 10.2. The van der Waals surface area contributed by atoms with Crippen LogP contribution in [0.4, 0.5) is 0 Å². The van der Waals surface area contributed by atoms with Crippen LogP contribution < -0.4 is 10.5 Å². The minimum atomic E-state index is -3.44. The predicted octanol–water partition coefficient (Wildman–Crippen LogP) is 1.46. The molecule has 1 saturated carbocycles. The summed E-state index contributed by atoms with van der Waals surface area (Å²) in [6, 6.07) is 6.55. The van der Waals surface area contributed by atoms with Crippen molar-refractivity contribution in [1.82, 2.24) is 4.72 Å². The van der Waals surface area contributed by atoms with Crippen molar-refractivity contribution >= 4 is 26.0 Å². The minimum absolute atomic E-state index is 0.0723. The Bertz CT molecular complexity index is 500. The van der Waals surface area contributed by atoms with Crippen LogP contribution in [0.5, 0.6) is 0 Å². The number of nitrogens with one attached hydrogen (secondary N) is 1. The molecule has 1 aromatic carbocycles. The molecule has 4 nitrogen and oxygen atoms in total. The Morgan fingerprint density at radius 1 is 1.47 bits per heavy atom. The molecule has 3 N–H and O–H groups in total. The second kappa shape index (κ2) is 5.06. The molecule has 0 bridgehead atoms. The molecule has 6 heteroatoms. The number of sulfonamides is 1. The molecule has 0 saturated heterocycles. The van der Waals surface area contributed by atoms with Crippen LogP contribution in [0, 0.1) is 5.92 Å². The van der Waals surface area contributed by atoms with Crippen LogP contribution in [0.3, 0.4) is 0 Å². The molecule has 1 aliphatic rings. The van der Waals surface area contributed by atoms with Crippen LogP contribution in [0.15, 0.2) is 33.6 Å². The fourth-order valence-corrected chi connectivity index (χ4v) is 3.28. The quantitative estimate of drug-likeness (QED) is 0.863. The zero-order chi connectivity index (χ0) is 12.5. The molecular weight excluding hydrogens is 304 g/mol. The van der Waals surface area contributed by atoms with Crippen LogP contribution in [-0.2, 0) is 10.0 Å². The third-order valence-electron chi connectivity index (χ3n) is 2.84. The first kappa shape index (κ1) is 13.0. The van der Waals surface area contributed by atoms with Crippen LogP contribution in [0.2, 0.25) is 0 Å². The maximum atomic E-state index is 11.9. The van der Waals surface area contributed by atoms with E-state index in [1.807, 2.05) is 0 Å². The van der Waals surface area contributed by atoms with Gasteiger partial charge in [-0.15, -0.1) is 0 Å². The van der Waals surface area contributed by atoms with E-state index in [0.29, 0.717) is 12.5 Å². The summed E-state index contributed by atoms with van der Waals surface area (Å²) < 4.78 is 27.2. The van der Waals surface area contributed by atoms with E-state index in [4.69, 9.17) is 5.73 Å². The van der Waals surface area contributed by atoms with E-state index in [-0.39, 0.29) is 10.9 Å². The molecule has 17 heavy (non-hydrogen) atoms. The van der Waals surface area contributed by atoms with Crippen LogP contribution in [0.1, 0.15) is 12.8 Å². The molecule has 0 aromatic heterocycles. The van der Waals surface area contributed by atoms with E-state index in [1.54, 1.807) is 24.3 Å². The van der Waals surface area contributed by atoms with Crippen LogP contribution >= 0.6 is 15.9 Å². The molecule has 94 valence electrons. The summed E-state index contributed by atoms with van der Waals surface area (Å²) in [7, 11) is -3.44. The van der Waals surface area contributed by atoms with E-state index in [0.717, 1.165) is 17.3 Å². The average Bonchev–Trinajstić information content (AvgIpc) is 3.10. The smallest absolute Gasteiger partial charge is 0.240 e. The Kier molecular flexibility index (Phi) is 3.87. The number of benzene rings is 1. The Morgan fingerprint density at radius 3 is 2.76 bits per heavy atom. The van der Waals surface area contributed by atoms with E-state index in [9.17, 15) is 8.42 Å². The molecule has 0 radical (unpaired) electrons. The van der Waals surface area contributed by atoms with Crippen molar-refractivity contribution in [2.24, 2.45) is 11.7 Å². The van der Waals surface area contributed by atoms with Crippen molar-refractivity contribution in [3.63, 3.8) is 0 Å². The molecule has 0 amide bonds. The predicted molar refractivity (Wildman–Crippen MR) is 70.0 cm³/mol. The molecule has 1 fully saturated rings. The first-order valence-corrected chi connectivity index (χ1v) is 7.77. The zero-order valence-corrected chi connectivity index (χ0v) is 11.7. The first-order valence-electron chi connectivity index (χ1n) is 5.50. The number of hydrogen-bond acceptors (Lipinski definition) is 3. The van der Waals surface area contributed by atoms with Gasteiger partial charge in [-0.05, 0) is 37.0 Å². The number of hydrogen-bond donors (Lipinski definition) is 2. The van der Waals surface area contributed by atoms with E-state index >= 15 is 0 Å². The summed E-state index contributed by atoms with van der Waals surface area (Å²) in [5, 5.41) is 0. The van der Waals surface area contributed by atoms with Gasteiger partial charge in [0.25, 0.3) is 0 Å². The Morgan fingerprint density at radius 2 is 2.18 bits per heavy atom. The SMILES string of the molecule is NC(CNS(=O)(=O)c1cccc(Br)c1)C1CC1. The van der Waals surface area contributed by atoms with Gasteiger partial charge in [0.1, 0.15) is 0 Å². The summed E-state index contributed by atoms with van der Waals surface area (Å²) >= 11 is 3.25. The highest BCUT2D eigenvalue weighted by Gasteiger charge is 2.29. The summed E-state index contributed by atoms with van der Waals surface area (Å²) in [5.74, 6) is 0.486. The fraction of sp³-hybridized carbons (Fsp3) is 0.455. The zero-order valence-electron chi connectivity index (χ0n) is 9.27. The number of nitrogens with two attached hydrogens (primary N) is 1. The normalized spacial score (nSPS) is 18.0. The van der Waals surface area contributed by atoms with Gasteiger partial charge in [-0.3, -0.25) is 0 Å². The van der Waals surface area contributed by atoms with Gasteiger partial charge in [0.05, 0.1) is 4.90 Å². The van der Waals surface area contributed by atoms with Gasteiger partial charge >= 0.3 is 0 Å². The van der Waals surface area contributed by atoms with Gasteiger partial charge in [0.15, 0.2) is 0 Å². The summed E-state index contributed by atoms with van der Waals surface area (Å²) in [6.45, 7) is 0.305. The Balaban J connectivity index is 2.03. The van der Waals surface area contributed by atoms with Gasteiger partial charge < -0.3 is 5.73 Å². The maximum Gasteiger partial charge on any atom is 0.240 e. The summed E-state index contributed by atoms with van der Waals surface area (Å²) in [5.41, 5.74) is 5.86. The number of halogens is 1. The lowest BCUT2D eigenvalue weighted by Gasteiger charge is -2.12. The van der Waals surface area contributed by atoms with Crippen molar-refractivity contribution in [1.29, 1.82) is 0 Å². The Labute approximate surface area is 110 Å². The maximum absolute atomic E-state index is 11.9. The molecule has 1 unspecified atom stereocenters. The lowest BCUT2D eigenvalue weighted by Crippen LogP contribution is -2.38. The molecule has 0 heterocycles. The molecule has 2 rings (SSSR count). The minimum Gasteiger partial charge on any atom is -0.326 e. The largest absolute Gasteiger partial charge is 0.326 e. The van der Waals surface area contributed by atoms with Crippen molar-refractivity contribution in [2.45, 2.75) is 23.8 Å². The monoisotopic (exact) mass is 318 g/mol. The molecule has 1 aliphatic carbocycles. The molecule has 0 spiro atoms. The Hall–Kier alpha value is -0.430. The van der Waals surface area contributed by atoms with Crippen LogP contribution in [0.25, 0.3) is 0 Å². The second-order valence-electron chi connectivity index (χ2n) is 4.31. The van der Waals surface area contributed by atoms with E-state index in [1.165, 1.54) is 0 Å². The fourth-order valence-electron chi connectivity index (χ4n) is 1.61. The highest BCUT2D eigenvalue weighted by molar-refractivity contribution is 9.10. The second-order valence-corrected chi connectivity index (χ2v) is 6.99. The van der Waals surface area contributed by atoms with E-state index in [2.05, 4.69) is 20.7 Å². The van der Waals surface area contributed by atoms with Gasteiger partial charge in [-0.1, -0.05) is 22.0 Å². The van der Waals surface area contributed by atoms with Crippen molar-refractivity contribution in [3.8, 4) is 0 Å². The van der Waals surface area contributed by atoms with Gasteiger partial charge in [-0.2, -0.15) is 0 Å². The number of rotatable bonds is 5. The highest BCUT2D eigenvalue weighted by atomic mass is 79.9. The van der Waals surface area contributed by atoms with Gasteiger partial charge in [-0.25, -0.2) is 13.1 Å². The third kappa shape index (κ3) is 3.51. The van der Waals surface area contributed by atoms with Crippen molar-refractivity contribution in [2.75, 3.05) is 6.54 Å². The summed E-state index contributed by atoms with van der Waals surface area (Å²) in [4.78, 5) is 0.259. The standard InChI is InChI=1S/C11H15BrN2O2S/c12-9-2-1-3-10(6-9)17(15,16)14-7-11(13)8-4-5-8/h1-3,6,8,11,14H,4-5,7,13H2. The molecule has 1 atom stereocenters. The molecule has 0 aliphatic heterocycles. The van der Waals surface area contributed by atoms with Gasteiger partial charge in [0.2, 0.25) is 10.0 Å². The van der Waals surface area contributed by atoms with Crippen molar-refractivity contribution in [3.05, 3.63) is 28.7 Å². The lowest BCUT2D eigenvalue weighted by molar-refractivity contribution is 0.547. The third-order valence-corrected chi connectivity index (χ3v) is 4.76. The van der Waals surface area contributed by atoms with Crippen LogP contribution in [-0.4, -0.2) is 21.0 Å². The van der Waals surface area contributed by atoms with Gasteiger partial charge in [0, 0.05) is 17.1 Å². The topological polar surface area (TPSA) is 72.2 Å². The molecule has 1 aromatic rings. The molecular formula is C11H15BrN2O2S. The first-order chi connectivity index (χ1) is 7.99.